The van der Waals surface area contributed by atoms with Crippen LogP contribution in [0.5, 0.6) is 5.75 Å². The van der Waals surface area contributed by atoms with Gasteiger partial charge in [0.05, 0.1) is 6.20 Å². The van der Waals surface area contributed by atoms with Gasteiger partial charge in [-0.15, -0.1) is 24.8 Å². The minimum atomic E-state index is -0.482. The van der Waals surface area contributed by atoms with Gasteiger partial charge >= 0.3 is 0 Å². The third kappa shape index (κ3) is 5.69. The summed E-state index contributed by atoms with van der Waals surface area (Å²) in [6, 6.07) is 3.92. The number of carbonyl (C=O) groups excluding carboxylic acids is 1. The molecule has 1 aromatic rings. The predicted octanol–water partition coefficient (Wildman–Crippen LogP) is 1.90. The van der Waals surface area contributed by atoms with Gasteiger partial charge in [-0.25, -0.2) is 0 Å². The number of hydrogen-bond acceptors (Lipinski definition) is 4. The summed E-state index contributed by atoms with van der Waals surface area (Å²) in [7, 11) is 1.86. The van der Waals surface area contributed by atoms with E-state index in [0.29, 0.717) is 11.8 Å². The van der Waals surface area contributed by atoms with Crippen molar-refractivity contribution in [2.24, 2.45) is 0 Å². The summed E-state index contributed by atoms with van der Waals surface area (Å²) in [5.74, 6) is 0.651. The summed E-state index contributed by atoms with van der Waals surface area (Å²) >= 11 is 0. The van der Waals surface area contributed by atoms with E-state index in [4.69, 9.17) is 4.74 Å². The zero-order valence-electron chi connectivity index (χ0n) is 12.3. The molecule has 1 aromatic heterocycles. The first-order valence-electron chi connectivity index (χ1n) is 6.72. The fourth-order valence-corrected chi connectivity index (χ4v) is 2.33. The second kappa shape index (κ2) is 9.82. The van der Waals surface area contributed by atoms with Gasteiger partial charge in [0.25, 0.3) is 5.91 Å². The highest BCUT2D eigenvalue weighted by Crippen LogP contribution is 2.14. The second-order valence-electron chi connectivity index (χ2n) is 4.88. The average molecular weight is 336 g/mol. The Morgan fingerprint density at radius 1 is 1.43 bits per heavy atom. The number of hydrogen-bond donors (Lipinski definition) is 1. The van der Waals surface area contributed by atoms with E-state index in [1.807, 2.05) is 11.9 Å². The van der Waals surface area contributed by atoms with E-state index in [0.717, 1.165) is 25.9 Å². The summed E-state index contributed by atoms with van der Waals surface area (Å²) in [4.78, 5) is 18.1. The molecule has 0 radical (unpaired) electrons. The molecule has 2 rings (SSSR count). The van der Waals surface area contributed by atoms with Gasteiger partial charge in [0.2, 0.25) is 0 Å². The van der Waals surface area contributed by atoms with E-state index in [1.54, 1.807) is 31.5 Å². The van der Waals surface area contributed by atoms with Crippen molar-refractivity contribution in [1.82, 2.24) is 15.2 Å². The van der Waals surface area contributed by atoms with E-state index >= 15 is 0 Å². The SMILES string of the molecule is CC(Oc1cccnc1)C(=O)N(C)C1CCNCC1.Cl.Cl. The van der Waals surface area contributed by atoms with Crippen molar-refractivity contribution in [2.75, 3.05) is 20.1 Å². The average Bonchev–Trinajstić information content (AvgIpc) is 2.47. The predicted molar refractivity (Wildman–Crippen MR) is 87.5 cm³/mol. The van der Waals surface area contributed by atoms with Crippen LogP contribution in [0.15, 0.2) is 24.5 Å². The number of pyridine rings is 1. The third-order valence-electron chi connectivity index (χ3n) is 3.50. The molecule has 1 unspecified atom stereocenters. The highest BCUT2D eigenvalue weighted by Gasteiger charge is 2.26. The van der Waals surface area contributed by atoms with Crippen LogP contribution < -0.4 is 10.1 Å². The molecule has 1 fully saturated rings. The van der Waals surface area contributed by atoms with Crippen LogP contribution in [-0.4, -0.2) is 48.1 Å². The molecule has 0 spiro atoms. The minimum absolute atomic E-state index is 0. The Morgan fingerprint density at radius 3 is 2.67 bits per heavy atom. The Bertz CT molecular complexity index is 414. The van der Waals surface area contributed by atoms with Gasteiger partial charge in [-0.2, -0.15) is 0 Å². The molecule has 1 aliphatic heterocycles. The van der Waals surface area contributed by atoms with E-state index in [9.17, 15) is 4.79 Å². The smallest absolute Gasteiger partial charge is 0.263 e. The fourth-order valence-electron chi connectivity index (χ4n) is 2.33. The molecule has 2 heterocycles. The Kier molecular flexibility index (Phi) is 9.33. The van der Waals surface area contributed by atoms with E-state index in [2.05, 4.69) is 10.3 Å². The van der Waals surface area contributed by atoms with Crippen molar-refractivity contribution in [3.63, 3.8) is 0 Å². The highest BCUT2D eigenvalue weighted by atomic mass is 35.5. The fraction of sp³-hybridized carbons (Fsp3) is 0.571. The quantitative estimate of drug-likeness (QED) is 0.913. The molecule has 1 saturated heterocycles. The Labute approximate surface area is 138 Å². The standard InChI is InChI=1S/C14H21N3O2.2ClH/c1-11(19-13-4-3-7-16-10-13)14(18)17(2)12-5-8-15-9-6-12;;/h3-4,7,10-12,15H,5-6,8-9H2,1-2H3;2*1H. The van der Waals surface area contributed by atoms with Gasteiger partial charge in [0.15, 0.2) is 6.10 Å². The molecule has 5 nitrogen and oxygen atoms in total. The molecule has 0 aromatic carbocycles. The number of amides is 1. The van der Waals surface area contributed by atoms with Crippen LogP contribution in [0.1, 0.15) is 19.8 Å². The van der Waals surface area contributed by atoms with Crippen molar-refractivity contribution in [2.45, 2.75) is 31.9 Å². The maximum Gasteiger partial charge on any atom is 0.263 e. The summed E-state index contributed by atoms with van der Waals surface area (Å²) in [6.45, 7) is 3.73. The van der Waals surface area contributed by atoms with E-state index in [1.165, 1.54) is 0 Å². The van der Waals surface area contributed by atoms with Crippen LogP contribution >= 0.6 is 24.8 Å². The summed E-state index contributed by atoms with van der Waals surface area (Å²) in [6.07, 6.45) is 4.82. The highest BCUT2D eigenvalue weighted by molar-refractivity contribution is 5.85. The maximum absolute atomic E-state index is 12.3. The first-order valence-corrected chi connectivity index (χ1v) is 6.72. The molecule has 1 N–H and O–H groups in total. The largest absolute Gasteiger partial charge is 0.479 e. The van der Waals surface area contributed by atoms with Crippen LogP contribution in [-0.2, 0) is 4.79 Å². The Morgan fingerprint density at radius 2 is 2.10 bits per heavy atom. The molecule has 1 amide bonds. The lowest BCUT2D eigenvalue weighted by Gasteiger charge is -2.33. The van der Waals surface area contributed by atoms with Gasteiger partial charge in [0.1, 0.15) is 5.75 Å². The van der Waals surface area contributed by atoms with Gasteiger partial charge < -0.3 is 15.0 Å². The molecule has 7 heteroatoms. The molecule has 0 saturated carbocycles. The molecule has 1 aliphatic rings. The van der Waals surface area contributed by atoms with Crippen molar-refractivity contribution in [3.05, 3.63) is 24.5 Å². The lowest BCUT2D eigenvalue weighted by atomic mass is 10.0. The molecule has 21 heavy (non-hydrogen) atoms. The second-order valence-corrected chi connectivity index (χ2v) is 4.88. The van der Waals surface area contributed by atoms with Crippen molar-refractivity contribution >= 4 is 30.7 Å². The van der Waals surface area contributed by atoms with Crippen molar-refractivity contribution in [1.29, 1.82) is 0 Å². The molecule has 1 atom stereocenters. The number of piperidine rings is 1. The molecular weight excluding hydrogens is 313 g/mol. The van der Waals surface area contributed by atoms with Crippen molar-refractivity contribution in [3.8, 4) is 5.75 Å². The zero-order valence-corrected chi connectivity index (χ0v) is 14.0. The minimum Gasteiger partial charge on any atom is -0.479 e. The first kappa shape index (κ1) is 20.0. The monoisotopic (exact) mass is 335 g/mol. The van der Waals surface area contributed by atoms with Crippen LogP contribution in [0.2, 0.25) is 0 Å². The topological polar surface area (TPSA) is 54.5 Å². The van der Waals surface area contributed by atoms with Crippen LogP contribution in [0.4, 0.5) is 0 Å². The number of rotatable bonds is 4. The van der Waals surface area contributed by atoms with E-state index < -0.39 is 6.10 Å². The number of carbonyl (C=O) groups is 1. The normalized spacial score (nSPS) is 16.1. The van der Waals surface area contributed by atoms with E-state index in [-0.39, 0.29) is 30.7 Å². The maximum atomic E-state index is 12.3. The summed E-state index contributed by atoms with van der Waals surface area (Å²) in [5.41, 5.74) is 0. The third-order valence-corrected chi connectivity index (χ3v) is 3.50. The van der Waals surface area contributed by atoms with Gasteiger partial charge in [-0.1, -0.05) is 0 Å². The van der Waals surface area contributed by atoms with Crippen LogP contribution in [0.25, 0.3) is 0 Å². The summed E-state index contributed by atoms with van der Waals surface area (Å²) < 4.78 is 5.62. The zero-order chi connectivity index (χ0) is 13.7. The molecule has 0 aliphatic carbocycles. The van der Waals surface area contributed by atoms with Gasteiger partial charge in [0, 0.05) is 19.3 Å². The Balaban J connectivity index is 0.00000200. The van der Waals surface area contributed by atoms with Crippen LogP contribution in [0.3, 0.4) is 0 Å². The number of ether oxygens (including phenoxy) is 1. The molecular formula is C14H23Cl2N3O2. The lowest BCUT2D eigenvalue weighted by molar-refractivity contribution is -0.139. The molecule has 0 bridgehead atoms. The molecule has 120 valence electrons. The van der Waals surface area contributed by atoms with Crippen LogP contribution in [0, 0.1) is 0 Å². The number of halogens is 2. The Hall–Kier alpha value is -1.04. The number of aromatic nitrogens is 1. The van der Waals surface area contributed by atoms with Gasteiger partial charge in [-0.05, 0) is 45.0 Å². The number of nitrogens with zero attached hydrogens (tertiary/aromatic N) is 2. The lowest BCUT2D eigenvalue weighted by Crippen LogP contribution is -2.48. The number of nitrogens with one attached hydrogen (secondary N) is 1. The first-order chi connectivity index (χ1) is 9.18. The number of likely N-dealkylation sites (N-methyl/N-ethyl adjacent to an activating group) is 1. The van der Waals surface area contributed by atoms with Gasteiger partial charge in [-0.3, -0.25) is 9.78 Å². The summed E-state index contributed by atoms with van der Waals surface area (Å²) in [5, 5.41) is 3.30. The van der Waals surface area contributed by atoms with Crippen molar-refractivity contribution < 1.29 is 9.53 Å².